The lowest BCUT2D eigenvalue weighted by Gasteiger charge is -2.34. The van der Waals surface area contributed by atoms with Crippen LogP contribution in [0.3, 0.4) is 0 Å². The lowest BCUT2D eigenvalue weighted by molar-refractivity contribution is 0.248. The molecule has 2 aliphatic heterocycles. The summed E-state index contributed by atoms with van der Waals surface area (Å²) in [6, 6.07) is 24.4. The molecule has 2 heterocycles. The summed E-state index contributed by atoms with van der Waals surface area (Å²) in [6.07, 6.45) is 6.31. The van der Waals surface area contributed by atoms with E-state index in [1.54, 1.807) is 6.07 Å². The van der Waals surface area contributed by atoms with Gasteiger partial charge in [0.05, 0.1) is 13.2 Å². The quantitative estimate of drug-likeness (QED) is 0.381. The largest absolute Gasteiger partial charge is 0.508 e. The average Bonchev–Trinajstić information content (AvgIpc) is 3.40. The molecule has 0 radical (unpaired) electrons. The first-order valence-corrected chi connectivity index (χ1v) is 12.7. The first-order valence-electron chi connectivity index (χ1n) is 12.7. The highest BCUT2D eigenvalue weighted by Gasteiger charge is 2.33. The second-order valence-corrected chi connectivity index (χ2v) is 9.55. The Kier molecular flexibility index (Phi) is 7.35. The highest BCUT2D eigenvalue weighted by Crippen LogP contribution is 2.47. The molecule has 0 amide bonds. The smallest absolute Gasteiger partial charge is 0.123 e. The number of aromatic hydroxyl groups is 1. The Labute approximate surface area is 203 Å². The van der Waals surface area contributed by atoms with E-state index < -0.39 is 0 Å². The van der Waals surface area contributed by atoms with Crippen LogP contribution < -0.4 is 9.47 Å². The standard InChI is InChI=1S/C30H35NO3/c32-25-13-16-29-27(21-25)30(28(22-34-29)23-9-3-1-4-10-23)24-11-14-26(15-12-24)33-20-8-2-5-17-31-18-6-7-19-31/h1,3-4,9-16,21,28,30,32H,2,5-8,17-20,22H2. The van der Waals surface area contributed by atoms with Gasteiger partial charge in [0, 0.05) is 17.4 Å². The molecule has 178 valence electrons. The van der Waals surface area contributed by atoms with E-state index in [2.05, 4.69) is 53.4 Å². The number of hydrogen-bond acceptors (Lipinski definition) is 4. The molecule has 4 nitrogen and oxygen atoms in total. The number of hydrogen-bond donors (Lipinski definition) is 1. The van der Waals surface area contributed by atoms with Crippen LogP contribution in [0.4, 0.5) is 0 Å². The molecule has 3 aromatic carbocycles. The Balaban J connectivity index is 1.24. The van der Waals surface area contributed by atoms with E-state index in [1.807, 2.05) is 18.2 Å². The van der Waals surface area contributed by atoms with Gasteiger partial charge in [-0.2, -0.15) is 0 Å². The normalized spacial score (nSPS) is 20.0. The van der Waals surface area contributed by atoms with Crippen LogP contribution in [0.2, 0.25) is 0 Å². The summed E-state index contributed by atoms with van der Waals surface area (Å²) in [6.45, 7) is 5.18. The Morgan fingerprint density at radius 1 is 0.853 bits per heavy atom. The number of fused-ring (bicyclic) bond motifs is 1. The summed E-state index contributed by atoms with van der Waals surface area (Å²) in [5.41, 5.74) is 3.49. The molecule has 2 aliphatic rings. The monoisotopic (exact) mass is 457 g/mol. The fraction of sp³-hybridized carbons (Fsp3) is 0.400. The predicted molar refractivity (Wildman–Crippen MR) is 136 cm³/mol. The number of likely N-dealkylation sites (tertiary alicyclic amines) is 1. The third-order valence-corrected chi connectivity index (χ3v) is 7.20. The van der Waals surface area contributed by atoms with Gasteiger partial charge in [-0.25, -0.2) is 0 Å². The summed E-state index contributed by atoms with van der Waals surface area (Å²) in [7, 11) is 0. The van der Waals surface area contributed by atoms with Crippen molar-refractivity contribution < 1.29 is 14.6 Å². The van der Waals surface area contributed by atoms with Crippen LogP contribution in [0, 0.1) is 0 Å². The molecule has 0 saturated carbocycles. The van der Waals surface area contributed by atoms with Gasteiger partial charge in [0.25, 0.3) is 0 Å². The third kappa shape index (κ3) is 5.39. The Bertz CT molecular complexity index is 1040. The molecule has 0 spiro atoms. The first kappa shape index (κ1) is 22.8. The van der Waals surface area contributed by atoms with Crippen LogP contribution in [0.15, 0.2) is 72.8 Å². The van der Waals surface area contributed by atoms with Gasteiger partial charge in [0.1, 0.15) is 17.2 Å². The fourth-order valence-electron chi connectivity index (χ4n) is 5.39. The fourth-order valence-corrected chi connectivity index (χ4v) is 5.39. The molecule has 2 unspecified atom stereocenters. The average molecular weight is 458 g/mol. The van der Waals surface area contributed by atoms with Gasteiger partial charge in [-0.15, -0.1) is 0 Å². The van der Waals surface area contributed by atoms with Crippen LogP contribution >= 0.6 is 0 Å². The molecule has 1 N–H and O–H groups in total. The second kappa shape index (κ2) is 11.0. The number of phenols is 1. The molecule has 1 saturated heterocycles. The predicted octanol–water partition coefficient (Wildman–Crippen LogP) is 6.35. The summed E-state index contributed by atoms with van der Waals surface area (Å²) in [5, 5.41) is 10.2. The van der Waals surface area contributed by atoms with Gasteiger partial charge >= 0.3 is 0 Å². The molecule has 5 rings (SSSR count). The number of nitrogens with zero attached hydrogens (tertiary/aromatic N) is 1. The van der Waals surface area contributed by atoms with Crippen LogP contribution in [-0.4, -0.2) is 42.9 Å². The second-order valence-electron chi connectivity index (χ2n) is 9.55. The SMILES string of the molecule is Oc1ccc2c(c1)C(c1ccc(OCCCCCN3CCCC3)cc1)C(c1ccccc1)CO2. The van der Waals surface area contributed by atoms with E-state index >= 15 is 0 Å². The number of phenolic OH excluding ortho intramolecular Hbond substituents is 1. The molecule has 0 bridgehead atoms. The van der Waals surface area contributed by atoms with Crippen molar-refractivity contribution in [1.29, 1.82) is 0 Å². The summed E-state index contributed by atoms with van der Waals surface area (Å²) < 4.78 is 12.1. The Morgan fingerprint density at radius 2 is 1.65 bits per heavy atom. The van der Waals surface area contributed by atoms with E-state index in [1.165, 1.54) is 56.4 Å². The molecular weight excluding hydrogens is 422 g/mol. The van der Waals surface area contributed by atoms with Crippen molar-refractivity contribution >= 4 is 0 Å². The zero-order valence-electron chi connectivity index (χ0n) is 19.9. The Morgan fingerprint density at radius 3 is 2.44 bits per heavy atom. The molecule has 0 aliphatic carbocycles. The maximum absolute atomic E-state index is 10.2. The maximum atomic E-state index is 10.2. The van der Waals surface area contributed by atoms with Crippen LogP contribution in [0.1, 0.15) is 60.6 Å². The first-order chi connectivity index (χ1) is 16.8. The minimum absolute atomic E-state index is 0.109. The van der Waals surface area contributed by atoms with Crippen molar-refractivity contribution in [1.82, 2.24) is 4.90 Å². The van der Waals surface area contributed by atoms with Crippen molar-refractivity contribution in [3.05, 3.63) is 89.5 Å². The highest BCUT2D eigenvalue weighted by atomic mass is 16.5. The van der Waals surface area contributed by atoms with E-state index in [-0.39, 0.29) is 17.6 Å². The van der Waals surface area contributed by atoms with E-state index in [4.69, 9.17) is 9.47 Å². The zero-order chi connectivity index (χ0) is 23.2. The van der Waals surface area contributed by atoms with E-state index in [0.717, 1.165) is 30.1 Å². The van der Waals surface area contributed by atoms with Gasteiger partial charge in [-0.3, -0.25) is 0 Å². The molecule has 34 heavy (non-hydrogen) atoms. The molecular formula is C30H35NO3. The van der Waals surface area contributed by atoms with Crippen molar-refractivity contribution in [2.45, 2.75) is 43.9 Å². The van der Waals surface area contributed by atoms with Crippen LogP contribution in [0.5, 0.6) is 17.2 Å². The molecule has 2 atom stereocenters. The van der Waals surface area contributed by atoms with Gasteiger partial charge in [0.15, 0.2) is 0 Å². The number of benzene rings is 3. The molecule has 1 fully saturated rings. The summed E-state index contributed by atoms with van der Waals surface area (Å²) in [5.74, 6) is 2.33. The minimum Gasteiger partial charge on any atom is -0.508 e. The van der Waals surface area contributed by atoms with Gasteiger partial charge in [-0.1, -0.05) is 42.5 Å². The number of unbranched alkanes of at least 4 members (excludes halogenated alkanes) is 2. The van der Waals surface area contributed by atoms with E-state index in [9.17, 15) is 5.11 Å². The van der Waals surface area contributed by atoms with Gasteiger partial charge < -0.3 is 19.5 Å². The summed E-state index contributed by atoms with van der Waals surface area (Å²) in [4.78, 5) is 2.58. The lowest BCUT2D eigenvalue weighted by Crippen LogP contribution is -2.25. The molecule has 3 aromatic rings. The van der Waals surface area contributed by atoms with Gasteiger partial charge in [-0.05, 0) is 93.2 Å². The third-order valence-electron chi connectivity index (χ3n) is 7.20. The van der Waals surface area contributed by atoms with Crippen molar-refractivity contribution in [3.8, 4) is 17.2 Å². The lowest BCUT2D eigenvalue weighted by atomic mass is 9.76. The van der Waals surface area contributed by atoms with Crippen molar-refractivity contribution in [3.63, 3.8) is 0 Å². The van der Waals surface area contributed by atoms with Gasteiger partial charge in [0.2, 0.25) is 0 Å². The van der Waals surface area contributed by atoms with Crippen LogP contribution in [-0.2, 0) is 0 Å². The highest BCUT2D eigenvalue weighted by molar-refractivity contribution is 5.51. The van der Waals surface area contributed by atoms with E-state index in [0.29, 0.717) is 6.61 Å². The topological polar surface area (TPSA) is 41.9 Å². The van der Waals surface area contributed by atoms with Crippen molar-refractivity contribution in [2.75, 3.05) is 32.8 Å². The van der Waals surface area contributed by atoms with Crippen LogP contribution in [0.25, 0.3) is 0 Å². The molecule has 4 heteroatoms. The molecule has 0 aromatic heterocycles. The summed E-state index contributed by atoms with van der Waals surface area (Å²) >= 11 is 0. The maximum Gasteiger partial charge on any atom is 0.123 e. The Hall–Kier alpha value is -2.98. The minimum atomic E-state index is 0.109. The van der Waals surface area contributed by atoms with Crippen molar-refractivity contribution in [2.24, 2.45) is 0 Å². The number of ether oxygens (including phenoxy) is 2. The zero-order valence-corrected chi connectivity index (χ0v) is 19.9. The number of rotatable bonds is 9.